The fourth-order valence-corrected chi connectivity index (χ4v) is 4.21. The second-order valence-corrected chi connectivity index (χ2v) is 9.40. The lowest BCUT2D eigenvalue weighted by Gasteiger charge is -2.25. The van der Waals surface area contributed by atoms with Crippen molar-refractivity contribution in [3.05, 3.63) is 59.3 Å². The average Bonchev–Trinajstić information content (AvgIpc) is 3.66. The molecule has 0 unspecified atom stereocenters. The van der Waals surface area contributed by atoms with Crippen LogP contribution in [0.5, 0.6) is 5.88 Å². The van der Waals surface area contributed by atoms with Crippen molar-refractivity contribution in [1.29, 1.82) is 0 Å². The number of fused-ring (bicyclic) bond motifs is 1. The fraction of sp³-hybridized carbons (Fsp3) is 0.385. The molecule has 180 valence electrons. The Labute approximate surface area is 204 Å². The standard InChI is InChI=1S/C26H29N7O2/c34-25(29-18-9-10-18)21-15-28-26(30-19-8-7-17-14-27-12-11-16(17)13-19)33-24(21)32-22-5-2-6-23(31-22)35-20-3-1-4-20/h2,5-8,13,15,18,20,27H,1,3-4,9-12,14H2,(H,29,34)(H2,28,30,31,32,33). The first-order valence-electron chi connectivity index (χ1n) is 12.4. The Kier molecular flexibility index (Phi) is 5.91. The summed E-state index contributed by atoms with van der Waals surface area (Å²) in [5, 5.41) is 12.9. The lowest BCUT2D eigenvalue weighted by molar-refractivity contribution is 0.0951. The third-order valence-electron chi connectivity index (χ3n) is 6.60. The summed E-state index contributed by atoms with van der Waals surface area (Å²) < 4.78 is 5.94. The van der Waals surface area contributed by atoms with E-state index in [2.05, 4.69) is 48.4 Å². The van der Waals surface area contributed by atoms with Gasteiger partial charge in [-0.15, -0.1) is 0 Å². The predicted octanol–water partition coefficient (Wildman–Crippen LogP) is 3.83. The van der Waals surface area contributed by atoms with Crippen LogP contribution in [0.4, 0.5) is 23.3 Å². The molecule has 0 saturated heterocycles. The molecule has 1 aliphatic heterocycles. The first kappa shape index (κ1) is 21.8. The minimum atomic E-state index is -0.190. The summed E-state index contributed by atoms with van der Waals surface area (Å²) in [6.07, 6.45) is 8.11. The van der Waals surface area contributed by atoms with Gasteiger partial charge in [0.1, 0.15) is 23.3 Å². The Hall–Kier alpha value is -3.72. The maximum absolute atomic E-state index is 12.9. The van der Waals surface area contributed by atoms with Crippen LogP contribution < -0.4 is 26.0 Å². The SMILES string of the molecule is O=C(NC1CC1)c1cnc(Nc2ccc3c(c2)CCNC3)nc1Nc1cccc(OC2CCC2)n1. The third kappa shape index (κ3) is 5.19. The Morgan fingerprint density at radius 1 is 1.03 bits per heavy atom. The highest BCUT2D eigenvalue weighted by atomic mass is 16.5. The van der Waals surface area contributed by atoms with E-state index < -0.39 is 0 Å². The van der Waals surface area contributed by atoms with Gasteiger partial charge < -0.3 is 26.0 Å². The molecule has 0 radical (unpaired) electrons. The van der Waals surface area contributed by atoms with Crippen LogP contribution in [-0.4, -0.2) is 39.5 Å². The molecule has 9 heteroatoms. The number of carbonyl (C=O) groups excluding carboxylic acids is 1. The Morgan fingerprint density at radius 3 is 2.77 bits per heavy atom. The van der Waals surface area contributed by atoms with Gasteiger partial charge in [-0.25, -0.2) is 4.98 Å². The summed E-state index contributed by atoms with van der Waals surface area (Å²) in [6, 6.07) is 12.1. The Morgan fingerprint density at radius 2 is 1.94 bits per heavy atom. The van der Waals surface area contributed by atoms with Crippen molar-refractivity contribution < 1.29 is 9.53 Å². The van der Waals surface area contributed by atoms with Crippen molar-refractivity contribution in [2.24, 2.45) is 0 Å². The number of nitrogens with zero attached hydrogens (tertiary/aromatic N) is 3. The van der Waals surface area contributed by atoms with Crippen LogP contribution in [0.2, 0.25) is 0 Å². The largest absolute Gasteiger partial charge is 0.474 e. The molecule has 0 spiro atoms. The number of aromatic nitrogens is 3. The smallest absolute Gasteiger partial charge is 0.256 e. The Balaban J connectivity index is 1.25. The molecule has 2 fully saturated rings. The van der Waals surface area contributed by atoms with Crippen LogP contribution in [0.3, 0.4) is 0 Å². The van der Waals surface area contributed by atoms with E-state index >= 15 is 0 Å². The monoisotopic (exact) mass is 471 g/mol. The number of rotatable bonds is 8. The summed E-state index contributed by atoms with van der Waals surface area (Å²) in [5.41, 5.74) is 3.93. The molecular weight excluding hydrogens is 442 g/mol. The third-order valence-corrected chi connectivity index (χ3v) is 6.60. The lowest BCUT2D eigenvalue weighted by Crippen LogP contribution is -2.27. The molecular formula is C26H29N7O2. The van der Waals surface area contributed by atoms with E-state index in [0.717, 1.165) is 50.9 Å². The molecule has 6 rings (SSSR count). The maximum atomic E-state index is 12.9. The minimum Gasteiger partial charge on any atom is -0.474 e. The minimum absolute atomic E-state index is 0.190. The molecule has 1 amide bonds. The van der Waals surface area contributed by atoms with Gasteiger partial charge in [0.25, 0.3) is 5.91 Å². The fourth-order valence-electron chi connectivity index (χ4n) is 4.21. The van der Waals surface area contributed by atoms with Gasteiger partial charge in [-0.1, -0.05) is 12.1 Å². The number of nitrogens with one attached hydrogen (secondary N) is 4. The number of hydrogen-bond donors (Lipinski definition) is 4. The molecule has 0 bridgehead atoms. The maximum Gasteiger partial charge on any atom is 0.256 e. The highest BCUT2D eigenvalue weighted by molar-refractivity contribution is 5.99. The van der Waals surface area contributed by atoms with E-state index in [0.29, 0.717) is 29.0 Å². The molecule has 2 aromatic heterocycles. The topological polar surface area (TPSA) is 113 Å². The first-order valence-corrected chi connectivity index (χ1v) is 12.4. The Bertz CT molecular complexity index is 1240. The zero-order valence-corrected chi connectivity index (χ0v) is 19.5. The number of ether oxygens (including phenoxy) is 1. The molecule has 3 aliphatic rings. The molecule has 35 heavy (non-hydrogen) atoms. The predicted molar refractivity (Wildman–Crippen MR) is 133 cm³/mol. The van der Waals surface area contributed by atoms with Crippen molar-refractivity contribution in [1.82, 2.24) is 25.6 Å². The number of anilines is 4. The van der Waals surface area contributed by atoms with Crippen LogP contribution in [0.15, 0.2) is 42.6 Å². The van der Waals surface area contributed by atoms with Crippen LogP contribution in [0.25, 0.3) is 0 Å². The van der Waals surface area contributed by atoms with E-state index in [1.54, 1.807) is 6.20 Å². The van der Waals surface area contributed by atoms with Crippen molar-refractivity contribution in [2.45, 2.75) is 57.2 Å². The summed E-state index contributed by atoms with van der Waals surface area (Å²) >= 11 is 0. The van der Waals surface area contributed by atoms with E-state index in [9.17, 15) is 4.79 Å². The van der Waals surface area contributed by atoms with Gasteiger partial charge in [0.15, 0.2) is 0 Å². The van der Waals surface area contributed by atoms with Crippen LogP contribution in [-0.2, 0) is 13.0 Å². The number of benzene rings is 1. The van der Waals surface area contributed by atoms with Gasteiger partial charge in [-0.05, 0) is 74.4 Å². The average molecular weight is 472 g/mol. The second-order valence-electron chi connectivity index (χ2n) is 9.40. The molecule has 2 aliphatic carbocycles. The summed E-state index contributed by atoms with van der Waals surface area (Å²) in [5.74, 6) is 1.75. The van der Waals surface area contributed by atoms with Crippen molar-refractivity contribution in [3.8, 4) is 5.88 Å². The van der Waals surface area contributed by atoms with Crippen molar-refractivity contribution in [2.75, 3.05) is 17.2 Å². The normalized spacial score (nSPS) is 17.1. The van der Waals surface area contributed by atoms with Gasteiger partial charge in [0.05, 0.1) is 0 Å². The zero-order valence-electron chi connectivity index (χ0n) is 19.5. The van der Waals surface area contributed by atoms with Crippen LogP contribution >= 0.6 is 0 Å². The van der Waals surface area contributed by atoms with Gasteiger partial charge >= 0.3 is 0 Å². The van der Waals surface area contributed by atoms with Gasteiger partial charge in [-0.2, -0.15) is 9.97 Å². The number of hydrogen-bond acceptors (Lipinski definition) is 8. The lowest BCUT2D eigenvalue weighted by atomic mass is 9.96. The number of carbonyl (C=O) groups is 1. The van der Waals surface area contributed by atoms with E-state index in [4.69, 9.17) is 4.74 Å². The van der Waals surface area contributed by atoms with Crippen molar-refractivity contribution in [3.63, 3.8) is 0 Å². The van der Waals surface area contributed by atoms with Gasteiger partial charge in [0, 0.05) is 30.5 Å². The highest BCUT2D eigenvalue weighted by Gasteiger charge is 2.26. The van der Waals surface area contributed by atoms with E-state index in [1.807, 2.05) is 24.3 Å². The van der Waals surface area contributed by atoms with E-state index in [-0.39, 0.29) is 18.1 Å². The summed E-state index contributed by atoms with van der Waals surface area (Å²) in [4.78, 5) is 26.6. The molecule has 4 N–H and O–H groups in total. The number of pyridine rings is 1. The number of amides is 1. The van der Waals surface area contributed by atoms with Crippen molar-refractivity contribution >= 4 is 29.2 Å². The zero-order chi connectivity index (χ0) is 23.6. The highest BCUT2D eigenvalue weighted by Crippen LogP contribution is 2.27. The molecule has 3 heterocycles. The molecule has 2 saturated carbocycles. The molecule has 9 nitrogen and oxygen atoms in total. The summed E-state index contributed by atoms with van der Waals surface area (Å²) in [7, 11) is 0. The quantitative estimate of drug-likeness (QED) is 0.392. The first-order chi connectivity index (χ1) is 17.2. The molecule has 3 aromatic rings. The molecule has 0 atom stereocenters. The second kappa shape index (κ2) is 9.50. The summed E-state index contributed by atoms with van der Waals surface area (Å²) in [6.45, 7) is 1.86. The van der Waals surface area contributed by atoms with Gasteiger partial charge in [-0.3, -0.25) is 4.79 Å². The van der Waals surface area contributed by atoms with Crippen LogP contribution in [0.1, 0.15) is 53.6 Å². The molecule has 1 aromatic carbocycles. The van der Waals surface area contributed by atoms with E-state index in [1.165, 1.54) is 17.5 Å². The van der Waals surface area contributed by atoms with Crippen LogP contribution in [0, 0.1) is 0 Å². The van der Waals surface area contributed by atoms with Gasteiger partial charge in [0.2, 0.25) is 11.8 Å².